The number of nitrogens with one attached hydrogen (secondary N) is 3. The highest BCUT2D eigenvalue weighted by Crippen LogP contribution is 2.38. The van der Waals surface area contributed by atoms with Crippen molar-refractivity contribution < 1.29 is 32.2 Å². The summed E-state index contributed by atoms with van der Waals surface area (Å²) in [4.78, 5) is 27.0. The van der Waals surface area contributed by atoms with Crippen molar-refractivity contribution in [3.8, 4) is 22.8 Å². The zero-order valence-electron chi connectivity index (χ0n) is 18.6. The number of amides is 2. The Bertz CT molecular complexity index is 1180. The Labute approximate surface area is 198 Å². The first-order chi connectivity index (χ1) is 16.8. The predicted octanol–water partition coefficient (Wildman–Crippen LogP) is 3.58. The molecule has 9 nitrogen and oxygen atoms in total. The number of halogens is 3. The molecular weight excluding hydrogens is 467 g/mol. The third kappa shape index (κ3) is 7.32. The number of methoxy groups -OCH3 is 1. The number of anilines is 1. The summed E-state index contributed by atoms with van der Waals surface area (Å²) in [5.74, 6) is -1.30. The molecule has 184 valence electrons. The standard InChI is InChI=1S/C23H22F3N5O4/c1-34-17-4-2-5-18(35-13-3-10-28-22(33)23(24,25)26)21(17)16-14-19(31-30-16)29-20(32)7-6-15-8-11-27-12-9-15/h2,4-9,11-12,14H,3,10,13H2,1H3,(H,28,33)(H2,29,30,31,32)/b7-6+. The molecule has 2 heterocycles. The highest BCUT2D eigenvalue weighted by molar-refractivity contribution is 6.01. The molecule has 0 saturated heterocycles. The van der Waals surface area contributed by atoms with Crippen LogP contribution in [0.4, 0.5) is 19.0 Å². The first-order valence-electron chi connectivity index (χ1n) is 10.4. The molecule has 0 atom stereocenters. The summed E-state index contributed by atoms with van der Waals surface area (Å²) in [5, 5.41) is 11.3. The first kappa shape index (κ1) is 25.3. The highest BCUT2D eigenvalue weighted by atomic mass is 19.4. The minimum atomic E-state index is -4.93. The van der Waals surface area contributed by atoms with E-state index in [1.807, 2.05) is 0 Å². The zero-order valence-corrected chi connectivity index (χ0v) is 18.6. The maximum Gasteiger partial charge on any atom is 0.471 e. The number of pyridine rings is 1. The lowest BCUT2D eigenvalue weighted by molar-refractivity contribution is -0.173. The number of carbonyl (C=O) groups is 2. The van der Waals surface area contributed by atoms with Crippen molar-refractivity contribution in [3.05, 3.63) is 60.4 Å². The molecule has 35 heavy (non-hydrogen) atoms. The molecule has 0 radical (unpaired) electrons. The monoisotopic (exact) mass is 489 g/mol. The number of H-pyrrole nitrogens is 1. The Morgan fingerprint density at radius 1 is 1.14 bits per heavy atom. The topological polar surface area (TPSA) is 118 Å². The minimum absolute atomic E-state index is 0.0375. The molecule has 3 N–H and O–H groups in total. The smallest absolute Gasteiger partial charge is 0.471 e. The fourth-order valence-electron chi connectivity index (χ4n) is 2.95. The van der Waals surface area contributed by atoms with Crippen LogP contribution >= 0.6 is 0 Å². The second kappa shape index (κ2) is 11.7. The van der Waals surface area contributed by atoms with Crippen LogP contribution in [-0.4, -0.2) is 53.4 Å². The van der Waals surface area contributed by atoms with E-state index < -0.39 is 18.0 Å². The molecule has 0 unspecified atom stereocenters. The van der Waals surface area contributed by atoms with Gasteiger partial charge in [-0.3, -0.25) is 19.7 Å². The number of alkyl halides is 3. The average Bonchev–Trinajstić information content (AvgIpc) is 3.30. The number of hydrogen-bond donors (Lipinski definition) is 3. The van der Waals surface area contributed by atoms with Crippen LogP contribution in [0.25, 0.3) is 17.3 Å². The number of benzene rings is 1. The van der Waals surface area contributed by atoms with E-state index in [4.69, 9.17) is 9.47 Å². The van der Waals surface area contributed by atoms with Crippen molar-refractivity contribution >= 4 is 23.7 Å². The molecule has 0 bridgehead atoms. The fraction of sp³-hybridized carbons (Fsp3) is 0.217. The van der Waals surface area contributed by atoms with Crippen LogP contribution in [0, 0.1) is 0 Å². The predicted molar refractivity (Wildman–Crippen MR) is 122 cm³/mol. The molecule has 3 rings (SSSR count). The molecule has 0 aliphatic rings. The summed E-state index contributed by atoms with van der Waals surface area (Å²) in [6, 6.07) is 10.1. The van der Waals surface area contributed by atoms with Gasteiger partial charge in [-0.1, -0.05) is 6.07 Å². The number of aromatic nitrogens is 3. The van der Waals surface area contributed by atoms with Gasteiger partial charge in [-0.15, -0.1) is 0 Å². The highest BCUT2D eigenvalue weighted by Gasteiger charge is 2.38. The van der Waals surface area contributed by atoms with Gasteiger partial charge < -0.3 is 20.1 Å². The van der Waals surface area contributed by atoms with Crippen LogP contribution < -0.4 is 20.1 Å². The van der Waals surface area contributed by atoms with Crippen molar-refractivity contribution in [2.75, 3.05) is 25.6 Å². The Morgan fingerprint density at radius 2 is 1.89 bits per heavy atom. The second-order valence-corrected chi connectivity index (χ2v) is 7.06. The molecule has 0 fully saturated rings. The lowest BCUT2D eigenvalue weighted by atomic mass is 10.1. The quantitative estimate of drug-likeness (QED) is 0.296. The Kier molecular flexibility index (Phi) is 8.43. The molecule has 0 saturated carbocycles. The fourth-order valence-corrected chi connectivity index (χ4v) is 2.95. The van der Waals surface area contributed by atoms with Crippen molar-refractivity contribution in [2.24, 2.45) is 0 Å². The van der Waals surface area contributed by atoms with E-state index in [0.29, 0.717) is 22.8 Å². The van der Waals surface area contributed by atoms with Gasteiger partial charge in [0, 0.05) is 31.1 Å². The summed E-state index contributed by atoms with van der Waals surface area (Å²) >= 11 is 0. The molecule has 2 amide bonds. The van der Waals surface area contributed by atoms with Crippen molar-refractivity contribution in [1.82, 2.24) is 20.5 Å². The SMILES string of the molecule is COc1cccc(OCCCNC(=O)C(F)(F)F)c1-c1cc(NC(=O)/C=C/c2ccncc2)n[nH]1. The molecular formula is C23H22F3N5O4. The van der Waals surface area contributed by atoms with Gasteiger partial charge in [-0.25, -0.2) is 0 Å². The van der Waals surface area contributed by atoms with Gasteiger partial charge in [0.1, 0.15) is 11.5 Å². The van der Waals surface area contributed by atoms with Gasteiger partial charge in [0.2, 0.25) is 5.91 Å². The van der Waals surface area contributed by atoms with Crippen molar-refractivity contribution in [2.45, 2.75) is 12.6 Å². The van der Waals surface area contributed by atoms with Gasteiger partial charge in [0.25, 0.3) is 0 Å². The number of rotatable bonds is 10. The van der Waals surface area contributed by atoms with E-state index in [9.17, 15) is 22.8 Å². The van der Waals surface area contributed by atoms with Crippen LogP contribution in [0.15, 0.2) is 54.9 Å². The number of nitrogens with zero attached hydrogens (tertiary/aromatic N) is 2. The summed E-state index contributed by atoms with van der Waals surface area (Å²) in [7, 11) is 1.47. The first-order valence-corrected chi connectivity index (χ1v) is 10.4. The van der Waals surface area contributed by atoms with Gasteiger partial charge in [0.15, 0.2) is 5.82 Å². The lowest BCUT2D eigenvalue weighted by Gasteiger charge is -2.14. The second-order valence-electron chi connectivity index (χ2n) is 7.06. The molecule has 0 spiro atoms. The molecule has 12 heteroatoms. The Hall–Kier alpha value is -4.35. The van der Waals surface area contributed by atoms with Crippen molar-refractivity contribution in [1.29, 1.82) is 0 Å². The molecule has 0 aliphatic heterocycles. The number of ether oxygens (including phenoxy) is 2. The zero-order chi connectivity index (χ0) is 25.3. The van der Waals surface area contributed by atoms with Crippen molar-refractivity contribution in [3.63, 3.8) is 0 Å². The van der Waals surface area contributed by atoms with E-state index in [0.717, 1.165) is 5.56 Å². The minimum Gasteiger partial charge on any atom is -0.496 e. The third-order valence-electron chi connectivity index (χ3n) is 4.56. The van der Waals surface area contributed by atoms with E-state index >= 15 is 0 Å². The normalized spacial score (nSPS) is 11.3. The van der Waals surface area contributed by atoms with E-state index in [1.54, 1.807) is 60.2 Å². The molecule has 3 aromatic rings. The number of hydrogen-bond acceptors (Lipinski definition) is 6. The largest absolute Gasteiger partial charge is 0.496 e. The molecule has 0 aliphatic carbocycles. The summed E-state index contributed by atoms with van der Waals surface area (Å²) in [6.07, 6.45) is 1.44. The van der Waals surface area contributed by atoms with Gasteiger partial charge in [-0.2, -0.15) is 18.3 Å². The summed E-state index contributed by atoms with van der Waals surface area (Å²) < 4.78 is 47.9. The van der Waals surface area contributed by atoms with Crippen LogP contribution in [0.1, 0.15) is 12.0 Å². The number of aromatic amines is 1. The molecule has 1 aromatic carbocycles. The van der Waals surface area contributed by atoms with Crippen LogP contribution in [-0.2, 0) is 9.59 Å². The summed E-state index contributed by atoms with van der Waals surface area (Å²) in [6.45, 7) is -0.166. The van der Waals surface area contributed by atoms with Crippen LogP contribution in [0.2, 0.25) is 0 Å². The maximum absolute atomic E-state index is 12.3. The summed E-state index contributed by atoms with van der Waals surface area (Å²) in [5.41, 5.74) is 1.80. The Morgan fingerprint density at radius 3 is 2.60 bits per heavy atom. The van der Waals surface area contributed by atoms with E-state index in [1.165, 1.54) is 13.2 Å². The number of carbonyl (C=O) groups excluding carboxylic acids is 2. The average molecular weight is 489 g/mol. The van der Waals surface area contributed by atoms with Gasteiger partial charge >= 0.3 is 12.1 Å². The maximum atomic E-state index is 12.3. The van der Waals surface area contributed by atoms with Crippen LogP contribution in [0.5, 0.6) is 11.5 Å². The van der Waals surface area contributed by atoms with Gasteiger partial charge in [0.05, 0.1) is 25.0 Å². The van der Waals surface area contributed by atoms with Gasteiger partial charge in [-0.05, 0) is 42.3 Å². The van der Waals surface area contributed by atoms with E-state index in [2.05, 4.69) is 20.5 Å². The molecule has 2 aromatic heterocycles. The van der Waals surface area contributed by atoms with E-state index in [-0.39, 0.29) is 25.4 Å². The van der Waals surface area contributed by atoms with Crippen LogP contribution in [0.3, 0.4) is 0 Å². The third-order valence-corrected chi connectivity index (χ3v) is 4.56. The Balaban J connectivity index is 1.64. The lowest BCUT2D eigenvalue weighted by Crippen LogP contribution is -2.37.